The van der Waals surface area contributed by atoms with E-state index in [9.17, 15) is 0 Å². The number of rotatable bonds is 3. The first kappa shape index (κ1) is 10.9. The molecular formula is C8H10Cl2N4. The van der Waals surface area contributed by atoms with Gasteiger partial charge in [0.15, 0.2) is 10.3 Å². The Kier molecular flexibility index (Phi) is 3.43. The van der Waals surface area contributed by atoms with Crippen LogP contribution in [0.15, 0.2) is 12.7 Å². The highest BCUT2D eigenvalue weighted by molar-refractivity contribution is 6.36. The lowest BCUT2D eigenvalue weighted by Crippen LogP contribution is -2.07. The van der Waals surface area contributed by atoms with E-state index in [1.54, 1.807) is 6.08 Å². The third kappa shape index (κ3) is 2.02. The maximum absolute atomic E-state index is 5.73. The number of halogens is 2. The fraction of sp³-hybridized carbons (Fsp3) is 0.125. The van der Waals surface area contributed by atoms with Gasteiger partial charge in [-0.1, -0.05) is 29.3 Å². The lowest BCUT2D eigenvalue weighted by Gasteiger charge is -2.12. The van der Waals surface area contributed by atoms with E-state index in [4.69, 9.17) is 34.7 Å². The molecule has 0 unspecified atom stereocenters. The van der Waals surface area contributed by atoms with Gasteiger partial charge in [-0.3, -0.25) is 0 Å². The molecule has 0 radical (unpaired) electrons. The highest BCUT2D eigenvalue weighted by atomic mass is 35.5. The molecule has 14 heavy (non-hydrogen) atoms. The molecule has 0 aliphatic rings. The van der Waals surface area contributed by atoms with Crippen molar-refractivity contribution >= 4 is 40.3 Å². The number of pyridine rings is 1. The van der Waals surface area contributed by atoms with Crippen molar-refractivity contribution in [1.82, 2.24) is 4.98 Å². The Balaban J connectivity index is 3.17. The Hall–Kier alpha value is -1.13. The zero-order valence-electron chi connectivity index (χ0n) is 7.35. The average molecular weight is 233 g/mol. The molecule has 0 saturated carbocycles. The van der Waals surface area contributed by atoms with Gasteiger partial charge in [0.2, 0.25) is 0 Å². The fourth-order valence-corrected chi connectivity index (χ4v) is 1.32. The van der Waals surface area contributed by atoms with E-state index in [0.29, 0.717) is 12.2 Å². The van der Waals surface area contributed by atoms with E-state index in [0.717, 1.165) is 0 Å². The van der Waals surface area contributed by atoms with Crippen LogP contribution >= 0.6 is 23.2 Å². The van der Waals surface area contributed by atoms with Crippen molar-refractivity contribution in [2.75, 3.05) is 23.3 Å². The van der Waals surface area contributed by atoms with Crippen molar-refractivity contribution in [2.24, 2.45) is 0 Å². The second kappa shape index (κ2) is 4.39. The molecule has 1 aromatic heterocycles. The Morgan fingerprint density at radius 2 is 1.79 bits per heavy atom. The molecule has 0 bridgehead atoms. The van der Waals surface area contributed by atoms with Crippen molar-refractivity contribution in [2.45, 2.75) is 0 Å². The lowest BCUT2D eigenvalue weighted by molar-refractivity contribution is 1.29. The van der Waals surface area contributed by atoms with Gasteiger partial charge in [-0.25, -0.2) is 4.98 Å². The first-order valence-corrected chi connectivity index (χ1v) is 4.58. The van der Waals surface area contributed by atoms with Crippen LogP contribution in [0.2, 0.25) is 10.3 Å². The summed E-state index contributed by atoms with van der Waals surface area (Å²) in [7, 11) is 0. The zero-order chi connectivity index (χ0) is 10.7. The van der Waals surface area contributed by atoms with Crippen molar-refractivity contribution < 1.29 is 0 Å². The van der Waals surface area contributed by atoms with Gasteiger partial charge in [-0.2, -0.15) is 0 Å². The van der Waals surface area contributed by atoms with Gasteiger partial charge in [0, 0.05) is 6.54 Å². The van der Waals surface area contributed by atoms with Crippen LogP contribution in [-0.4, -0.2) is 11.5 Å². The van der Waals surface area contributed by atoms with Gasteiger partial charge in [0.25, 0.3) is 0 Å². The predicted octanol–water partition coefficient (Wildman–Crippen LogP) is 2.15. The largest absolute Gasteiger partial charge is 0.394 e. The molecule has 4 nitrogen and oxygen atoms in total. The minimum atomic E-state index is 0.135. The molecule has 0 aliphatic carbocycles. The molecule has 0 saturated heterocycles. The number of nitrogens with zero attached hydrogens (tertiary/aromatic N) is 1. The van der Waals surface area contributed by atoms with E-state index in [2.05, 4.69) is 16.9 Å². The molecular weight excluding hydrogens is 223 g/mol. The van der Waals surface area contributed by atoms with Crippen LogP contribution in [0.1, 0.15) is 0 Å². The number of nitrogens with one attached hydrogen (secondary N) is 1. The fourth-order valence-electron chi connectivity index (χ4n) is 0.923. The third-order valence-electron chi connectivity index (χ3n) is 1.60. The maximum Gasteiger partial charge on any atom is 0.155 e. The Labute approximate surface area is 91.9 Å². The van der Waals surface area contributed by atoms with Gasteiger partial charge >= 0.3 is 0 Å². The summed E-state index contributed by atoms with van der Waals surface area (Å²) in [6.07, 6.45) is 1.67. The molecule has 5 N–H and O–H groups in total. The van der Waals surface area contributed by atoms with Crippen LogP contribution < -0.4 is 16.8 Å². The van der Waals surface area contributed by atoms with E-state index in [1.165, 1.54) is 0 Å². The van der Waals surface area contributed by atoms with E-state index < -0.39 is 0 Å². The van der Waals surface area contributed by atoms with Crippen LogP contribution in [0.4, 0.5) is 17.1 Å². The summed E-state index contributed by atoms with van der Waals surface area (Å²) >= 11 is 11.5. The molecule has 0 atom stereocenters. The van der Waals surface area contributed by atoms with Gasteiger partial charge in [0.05, 0.1) is 17.1 Å². The average Bonchev–Trinajstić information content (AvgIpc) is 2.15. The normalized spacial score (nSPS) is 9.86. The molecule has 6 heteroatoms. The second-order valence-electron chi connectivity index (χ2n) is 2.57. The number of anilines is 3. The van der Waals surface area contributed by atoms with Crippen LogP contribution in [0, 0.1) is 0 Å². The number of nitrogen functional groups attached to an aromatic ring is 2. The number of hydrogen-bond acceptors (Lipinski definition) is 4. The molecule has 1 aromatic rings. The third-order valence-corrected chi connectivity index (χ3v) is 2.18. The van der Waals surface area contributed by atoms with Gasteiger partial charge in [-0.15, -0.1) is 6.58 Å². The van der Waals surface area contributed by atoms with E-state index >= 15 is 0 Å². The topological polar surface area (TPSA) is 77.0 Å². The molecule has 0 fully saturated rings. The summed E-state index contributed by atoms with van der Waals surface area (Å²) in [6.45, 7) is 4.07. The summed E-state index contributed by atoms with van der Waals surface area (Å²) in [4.78, 5) is 3.76. The van der Waals surface area contributed by atoms with Crippen molar-refractivity contribution in [3.63, 3.8) is 0 Å². The van der Waals surface area contributed by atoms with E-state index in [1.807, 2.05) is 0 Å². The first-order valence-electron chi connectivity index (χ1n) is 3.82. The SMILES string of the molecule is C=CCNc1c(N)c(Cl)nc(Cl)c1N. The zero-order valence-corrected chi connectivity index (χ0v) is 8.86. The summed E-state index contributed by atoms with van der Waals surface area (Å²) in [6, 6.07) is 0. The van der Waals surface area contributed by atoms with Gasteiger partial charge in [0.1, 0.15) is 0 Å². The van der Waals surface area contributed by atoms with Gasteiger partial charge in [-0.05, 0) is 0 Å². The highest BCUT2D eigenvalue weighted by Crippen LogP contribution is 2.35. The summed E-state index contributed by atoms with van der Waals surface area (Å²) < 4.78 is 0. The van der Waals surface area contributed by atoms with Gasteiger partial charge < -0.3 is 16.8 Å². The maximum atomic E-state index is 5.73. The molecule has 0 aromatic carbocycles. The van der Waals surface area contributed by atoms with Crippen molar-refractivity contribution in [3.05, 3.63) is 23.0 Å². The predicted molar refractivity (Wildman–Crippen MR) is 61.8 cm³/mol. The summed E-state index contributed by atoms with van der Waals surface area (Å²) in [5, 5.41) is 3.21. The Morgan fingerprint density at radius 3 is 2.21 bits per heavy atom. The number of nitrogens with two attached hydrogens (primary N) is 2. The van der Waals surface area contributed by atoms with E-state index in [-0.39, 0.29) is 21.7 Å². The monoisotopic (exact) mass is 232 g/mol. The number of aromatic nitrogens is 1. The van der Waals surface area contributed by atoms with Crippen LogP contribution in [0.5, 0.6) is 0 Å². The minimum absolute atomic E-state index is 0.135. The van der Waals surface area contributed by atoms with Crippen LogP contribution in [0.3, 0.4) is 0 Å². The molecule has 1 heterocycles. The van der Waals surface area contributed by atoms with Crippen LogP contribution in [0.25, 0.3) is 0 Å². The molecule has 0 amide bonds. The standard InChI is InChI=1S/C8H10Cl2N4/c1-2-3-13-6-4(11)7(9)14-8(10)5(6)12/h2H,1,3,11-12H2,(H,13,14). The lowest BCUT2D eigenvalue weighted by atomic mass is 10.3. The van der Waals surface area contributed by atoms with Crippen LogP contribution in [-0.2, 0) is 0 Å². The summed E-state index contributed by atoms with van der Waals surface area (Å²) in [5.41, 5.74) is 12.4. The highest BCUT2D eigenvalue weighted by Gasteiger charge is 2.12. The van der Waals surface area contributed by atoms with Crippen molar-refractivity contribution in [3.8, 4) is 0 Å². The second-order valence-corrected chi connectivity index (χ2v) is 3.28. The smallest absolute Gasteiger partial charge is 0.155 e. The van der Waals surface area contributed by atoms with Crippen molar-refractivity contribution in [1.29, 1.82) is 0 Å². The molecule has 1 rings (SSSR count). The Bertz CT molecular complexity index is 339. The molecule has 0 aliphatic heterocycles. The molecule has 76 valence electrons. The minimum Gasteiger partial charge on any atom is -0.394 e. The molecule has 0 spiro atoms. The summed E-state index contributed by atoms with van der Waals surface area (Å²) in [5.74, 6) is 0. The quantitative estimate of drug-likeness (QED) is 0.552. The number of hydrogen-bond donors (Lipinski definition) is 3. The first-order chi connectivity index (χ1) is 6.57. The Morgan fingerprint density at radius 1 is 1.29 bits per heavy atom.